The fourth-order valence-electron chi connectivity index (χ4n) is 2.86. The van der Waals surface area contributed by atoms with Gasteiger partial charge in [0.15, 0.2) is 11.8 Å². The molecule has 0 saturated carbocycles. The molecule has 28 heavy (non-hydrogen) atoms. The highest BCUT2D eigenvalue weighted by Crippen LogP contribution is 2.58. The Bertz CT molecular complexity index is 983. The first kappa shape index (κ1) is 19.2. The van der Waals surface area contributed by atoms with Crippen molar-refractivity contribution in [2.45, 2.75) is 11.8 Å². The molecule has 2 unspecified atom stereocenters. The Morgan fingerprint density at radius 1 is 1.07 bits per heavy atom. The van der Waals surface area contributed by atoms with Gasteiger partial charge in [-0.1, -0.05) is 30.3 Å². The van der Waals surface area contributed by atoms with Crippen LogP contribution >= 0.6 is 0 Å². The number of halogens is 2. The Balaban J connectivity index is 0.000000330. The van der Waals surface area contributed by atoms with E-state index in [9.17, 15) is 8.78 Å². The average Bonchev–Trinajstić information content (AvgIpc) is 3.17. The zero-order valence-corrected chi connectivity index (χ0v) is 14.2. The van der Waals surface area contributed by atoms with Crippen molar-refractivity contribution < 1.29 is 33.3 Å². The number of ether oxygens (including phenoxy) is 1. The summed E-state index contributed by atoms with van der Waals surface area (Å²) in [6.45, 7) is 0. The molecule has 0 bridgehead atoms. The molecule has 2 N–H and O–H groups in total. The van der Waals surface area contributed by atoms with E-state index >= 15 is 0 Å². The molecular formula is C19H14F2N2O5. The quantitative estimate of drug-likeness (QED) is 0.528. The molecule has 0 aliphatic carbocycles. The van der Waals surface area contributed by atoms with Crippen molar-refractivity contribution in [2.24, 2.45) is 0 Å². The van der Waals surface area contributed by atoms with E-state index in [2.05, 4.69) is 4.98 Å². The molecule has 7 nitrogen and oxygen atoms in total. The maximum absolute atomic E-state index is 14.3. The minimum Gasteiger partial charge on any atom is -0.473 e. The lowest BCUT2D eigenvalue weighted by atomic mass is 9.89. The van der Waals surface area contributed by atoms with Crippen LogP contribution in [0.4, 0.5) is 8.78 Å². The predicted octanol–water partition coefficient (Wildman–Crippen LogP) is 2.79. The molecule has 2 heterocycles. The summed E-state index contributed by atoms with van der Waals surface area (Å²) in [6.07, 6.45) is 4.61. The summed E-state index contributed by atoms with van der Waals surface area (Å²) in [7, 11) is 0. The number of carbonyl (C=O) groups is 2. The lowest BCUT2D eigenvalue weighted by Crippen LogP contribution is -2.16. The molecule has 2 atom stereocenters. The van der Waals surface area contributed by atoms with Gasteiger partial charge in [-0.25, -0.2) is 23.4 Å². The van der Waals surface area contributed by atoms with Gasteiger partial charge in [0.05, 0.1) is 6.33 Å². The molecule has 4 rings (SSSR count). The fraction of sp³-hybridized carbons (Fsp3) is 0.105. The van der Waals surface area contributed by atoms with Crippen LogP contribution in [0.3, 0.4) is 0 Å². The molecule has 144 valence electrons. The van der Waals surface area contributed by atoms with E-state index in [1.54, 1.807) is 23.3 Å². The van der Waals surface area contributed by atoms with Crippen molar-refractivity contribution in [3.05, 3.63) is 90.0 Å². The number of benzene rings is 2. The molecule has 0 radical (unpaired) electrons. The number of hydrogen-bond acceptors (Lipinski definition) is 4. The first-order chi connectivity index (χ1) is 13.4. The van der Waals surface area contributed by atoms with Gasteiger partial charge in [0.2, 0.25) is 0 Å². The van der Waals surface area contributed by atoms with Gasteiger partial charge in [0, 0.05) is 24.0 Å². The third-order valence-electron chi connectivity index (χ3n) is 4.10. The van der Waals surface area contributed by atoms with Crippen LogP contribution in [-0.4, -0.2) is 31.7 Å². The summed E-state index contributed by atoms with van der Waals surface area (Å²) in [5.41, 5.74) is 0.178. The van der Waals surface area contributed by atoms with Crippen molar-refractivity contribution in [3.8, 4) is 0 Å². The molecule has 0 spiro atoms. The van der Waals surface area contributed by atoms with Gasteiger partial charge in [-0.2, -0.15) is 0 Å². The summed E-state index contributed by atoms with van der Waals surface area (Å²) in [6, 6.07) is 12.9. The molecule has 1 aliphatic heterocycles. The molecule has 1 aliphatic rings. The maximum Gasteiger partial charge on any atom is 0.414 e. The van der Waals surface area contributed by atoms with E-state index in [1.165, 1.54) is 12.1 Å². The molecule has 1 saturated heterocycles. The van der Waals surface area contributed by atoms with Gasteiger partial charge >= 0.3 is 11.9 Å². The van der Waals surface area contributed by atoms with Crippen LogP contribution in [0, 0.1) is 11.6 Å². The second-order valence-corrected chi connectivity index (χ2v) is 5.82. The Morgan fingerprint density at radius 2 is 1.75 bits per heavy atom. The summed E-state index contributed by atoms with van der Waals surface area (Å²) in [4.78, 5) is 22.2. The average molecular weight is 388 g/mol. The van der Waals surface area contributed by atoms with E-state index in [4.69, 9.17) is 24.5 Å². The number of hydrogen-bond donors (Lipinski definition) is 2. The number of epoxide rings is 1. The number of imidazole rings is 1. The van der Waals surface area contributed by atoms with Crippen molar-refractivity contribution in [3.63, 3.8) is 0 Å². The smallest absolute Gasteiger partial charge is 0.414 e. The largest absolute Gasteiger partial charge is 0.473 e. The van der Waals surface area contributed by atoms with Crippen LogP contribution in [0.5, 0.6) is 0 Å². The molecule has 9 heteroatoms. The Kier molecular flexibility index (Phi) is 5.18. The highest BCUT2D eigenvalue weighted by Gasteiger charge is 2.61. The number of nitrogens with zero attached hydrogens (tertiary/aromatic N) is 2. The lowest BCUT2D eigenvalue weighted by Gasteiger charge is -2.15. The molecule has 1 fully saturated rings. The minimum absolute atomic E-state index is 0.318. The third-order valence-corrected chi connectivity index (χ3v) is 4.10. The first-order valence-corrected chi connectivity index (χ1v) is 7.98. The van der Waals surface area contributed by atoms with E-state index in [-0.39, 0.29) is 0 Å². The SMILES string of the molecule is Fc1ccc(C2(c3ccccc3)OC2n2ccnc2)c(F)c1.O=C(O)C(=O)O. The number of carboxylic acids is 2. The summed E-state index contributed by atoms with van der Waals surface area (Å²) in [5.74, 6) is -4.87. The van der Waals surface area contributed by atoms with Gasteiger partial charge in [-0.15, -0.1) is 0 Å². The highest BCUT2D eigenvalue weighted by molar-refractivity contribution is 6.27. The molecule has 3 aromatic rings. The predicted molar refractivity (Wildman–Crippen MR) is 91.2 cm³/mol. The Labute approximate surface area is 157 Å². The van der Waals surface area contributed by atoms with Crippen molar-refractivity contribution in [2.75, 3.05) is 0 Å². The normalized spacial score (nSPS) is 20.0. The number of aromatic nitrogens is 2. The summed E-state index contributed by atoms with van der Waals surface area (Å²) >= 11 is 0. The molecular weight excluding hydrogens is 374 g/mol. The summed E-state index contributed by atoms with van der Waals surface area (Å²) in [5, 5.41) is 14.8. The second-order valence-electron chi connectivity index (χ2n) is 5.82. The Morgan fingerprint density at radius 3 is 2.29 bits per heavy atom. The molecule has 1 aromatic heterocycles. The van der Waals surface area contributed by atoms with Gasteiger partial charge in [0.1, 0.15) is 11.6 Å². The first-order valence-electron chi connectivity index (χ1n) is 7.98. The van der Waals surface area contributed by atoms with Crippen LogP contribution in [0.1, 0.15) is 17.4 Å². The molecule has 0 amide bonds. The maximum atomic E-state index is 14.3. The number of rotatable bonds is 3. The number of aliphatic carboxylic acids is 2. The molecule has 2 aromatic carbocycles. The Hall–Kier alpha value is -3.59. The van der Waals surface area contributed by atoms with Gasteiger partial charge in [0.25, 0.3) is 0 Å². The van der Waals surface area contributed by atoms with E-state index in [1.807, 2.05) is 30.3 Å². The standard InChI is InChI=1S/C17H12F2N2O.C2H2O4/c18-13-6-7-14(15(19)10-13)17(12-4-2-1-3-5-12)16(22-17)21-9-8-20-11-21;3-1(4)2(5)6/h1-11,16H;(H,3,4)(H,5,6). The zero-order chi connectivity index (χ0) is 20.3. The zero-order valence-electron chi connectivity index (χ0n) is 14.2. The minimum atomic E-state index is -1.82. The van der Waals surface area contributed by atoms with Crippen LogP contribution in [0.25, 0.3) is 0 Å². The van der Waals surface area contributed by atoms with Crippen molar-refractivity contribution in [1.82, 2.24) is 9.55 Å². The highest BCUT2D eigenvalue weighted by atomic mass is 19.1. The monoisotopic (exact) mass is 388 g/mol. The van der Waals surface area contributed by atoms with Crippen LogP contribution in [-0.2, 0) is 19.9 Å². The van der Waals surface area contributed by atoms with Crippen LogP contribution in [0.2, 0.25) is 0 Å². The van der Waals surface area contributed by atoms with Crippen molar-refractivity contribution >= 4 is 11.9 Å². The summed E-state index contributed by atoms with van der Waals surface area (Å²) < 4.78 is 35.3. The second kappa shape index (κ2) is 7.57. The van der Waals surface area contributed by atoms with Crippen LogP contribution in [0.15, 0.2) is 67.3 Å². The third kappa shape index (κ3) is 3.60. The topological polar surface area (TPSA) is 105 Å². The van der Waals surface area contributed by atoms with E-state index in [0.717, 1.165) is 11.6 Å². The van der Waals surface area contributed by atoms with E-state index < -0.39 is 35.4 Å². The van der Waals surface area contributed by atoms with Gasteiger partial charge < -0.3 is 19.5 Å². The van der Waals surface area contributed by atoms with E-state index in [0.29, 0.717) is 5.56 Å². The van der Waals surface area contributed by atoms with Gasteiger partial charge in [-0.3, -0.25) is 0 Å². The van der Waals surface area contributed by atoms with Gasteiger partial charge in [-0.05, 0) is 17.7 Å². The van der Waals surface area contributed by atoms with Crippen molar-refractivity contribution in [1.29, 1.82) is 0 Å². The van der Waals surface area contributed by atoms with Crippen LogP contribution < -0.4 is 0 Å². The number of carboxylic acid groups (broad SMARTS) is 2. The lowest BCUT2D eigenvalue weighted by molar-refractivity contribution is -0.159. The fourth-order valence-corrected chi connectivity index (χ4v) is 2.86.